The first kappa shape index (κ1) is 20.6. The van der Waals surface area contributed by atoms with Crippen LogP contribution in [0.4, 0.5) is 0 Å². The van der Waals surface area contributed by atoms with E-state index >= 15 is 0 Å². The minimum Gasteiger partial charge on any atom is -0.426 e. The van der Waals surface area contributed by atoms with Gasteiger partial charge in [-0.2, -0.15) is 0 Å². The molecule has 0 saturated heterocycles. The van der Waals surface area contributed by atoms with E-state index in [0.29, 0.717) is 16.9 Å². The molecule has 0 unspecified atom stereocenters. The monoisotopic (exact) mass is 490 g/mol. The average Bonchev–Trinajstić information content (AvgIpc) is 3.39. The Bertz CT molecular complexity index is 1260. The molecule has 6 heteroatoms. The molecule has 1 saturated carbocycles. The number of rotatable bonds is 4. The third-order valence-corrected chi connectivity index (χ3v) is 7.16. The Kier molecular flexibility index (Phi) is 4.60. The van der Waals surface area contributed by atoms with E-state index < -0.39 is 28.7 Å². The number of esters is 2. The van der Waals surface area contributed by atoms with Gasteiger partial charge in [0.05, 0.1) is 5.41 Å². The van der Waals surface area contributed by atoms with Crippen LogP contribution in [0.1, 0.15) is 34.3 Å². The highest BCUT2D eigenvalue weighted by Gasteiger charge is 2.89. The van der Waals surface area contributed by atoms with Crippen LogP contribution in [0.5, 0.6) is 11.5 Å². The first-order chi connectivity index (χ1) is 15.3. The second kappa shape index (κ2) is 7.14. The summed E-state index contributed by atoms with van der Waals surface area (Å²) in [6, 6.07) is 20.8. The van der Waals surface area contributed by atoms with Crippen molar-refractivity contribution in [2.45, 2.75) is 19.8 Å². The Hall–Kier alpha value is -3.25. The lowest BCUT2D eigenvalue weighted by Crippen LogP contribution is -2.41. The van der Waals surface area contributed by atoms with E-state index in [1.54, 1.807) is 67.6 Å². The lowest BCUT2D eigenvalue weighted by atomic mass is 9.86. The molecule has 3 aromatic carbocycles. The summed E-state index contributed by atoms with van der Waals surface area (Å²) in [6.45, 7) is 3.59. The fraction of sp³-hybridized carbons (Fsp3) is 0.192. The van der Waals surface area contributed by atoms with Crippen LogP contribution in [0, 0.1) is 17.8 Å². The summed E-state index contributed by atoms with van der Waals surface area (Å²) in [7, 11) is 0. The summed E-state index contributed by atoms with van der Waals surface area (Å²) in [5.41, 5.74) is -0.986. The van der Waals surface area contributed by atoms with Crippen molar-refractivity contribution in [3.63, 3.8) is 0 Å². The van der Waals surface area contributed by atoms with Crippen molar-refractivity contribution in [3.8, 4) is 11.5 Å². The van der Waals surface area contributed by atoms with Gasteiger partial charge >= 0.3 is 11.9 Å². The molecule has 0 bridgehead atoms. The summed E-state index contributed by atoms with van der Waals surface area (Å²) in [4.78, 5) is 40.6. The third-order valence-electron chi connectivity index (χ3n) is 6.63. The summed E-state index contributed by atoms with van der Waals surface area (Å²) < 4.78 is 12.0. The Morgan fingerprint density at radius 1 is 0.969 bits per heavy atom. The fourth-order valence-electron chi connectivity index (χ4n) is 4.90. The Morgan fingerprint density at radius 2 is 1.62 bits per heavy atom. The molecule has 5 rings (SSSR count). The minimum atomic E-state index is -1.75. The number of ketones is 1. The van der Waals surface area contributed by atoms with E-state index in [1.165, 1.54) is 0 Å². The minimum absolute atomic E-state index is 0.287. The summed E-state index contributed by atoms with van der Waals surface area (Å²) in [5, 5.41) is 0. The molecule has 0 radical (unpaired) electrons. The number of benzene rings is 3. The Morgan fingerprint density at radius 3 is 2.31 bits per heavy atom. The zero-order chi connectivity index (χ0) is 22.7. The zero-order valence-corrected chi connectivity index (χ0v) is 19.0. The summed E-state index contributed by atoms with van der Waals surface area (Å²) in [6.07, 6.45) is 0. The molecule has 1 heterocycles. The Labute approximate surface area is 193 Å². The van der Waals surface area contributed by atoms with Gasteiger partial charge in [-0.25, -0.2) is 0 Å². The molecule has 2 aliphatic rings. The quantitative estimate of drug-likeness (QED) is 0.216. The summed E-state index contributed by atoms with van der Waals surface area (Å²) in [5.74, 6) is -1.85. The lowest BCUT2D eigenvalue weighted by molar-refractivity contribution is -0.156. The maximum absolute atomic E-state index is 13.7. The number of hydrogen-bond donors (Lipinski definition) is 0. The number of halogens is 1. The number of Topliss-reactive ketones (excluding diaryl/α,β-unsaturated/α-hetero) is 1. The molecule has 5 nitrogen and oxygen atoms in total. The SMILES string of the molecule is Cc1ccc(C(=O)[C@]2(C)[C@@H]3c4ccccc4OC(=O)[C@@]32C(=O)Oc2ccc(Br)cc2)cc1. The van der Waals surface area contributed by atoms with Crippen LogP contribution >= 0.6 is 15.9 Å². The first-order valence-corrected chi connectivity index (χ1v) is 11.0. The first-order valence-electron chi connectivity index (χ1n) is 10.2. The average molecular weight is 491 g/mol. The van der Waals surface area contributed by atoms with Crippen molar-refractivity contribution in [1.82, 2.24) is 0 Å². The number of hydrogen-bond acceptors (Lipinski definition) is 5. The number of carbonyl (C=O) groups is 3. The van der Waals surface area contributed by atoms with Crippen molar-refractivity contribution in [3.05, 3.63) is 94.0 Å². The van der Waals surface area contributed by atoms with E-state index in [2.05, 4.69) is 15.9 Å². The molecular weight excluding hydrogens is 472 g/mol. The number of fused-ring (bicyclic) bond motifs is 3. The molecule has 3 aromatic rings. The predicted molar refractivity (Wildman–Crippen MR) is 121 cm³/mol. The van der Waals surface area contributed by atoms with Crippen molar-refractivity contribution >= 4 is 33.7 Å². The van der Waals surface area contributed by atoms with Crippen LogP contribution in [0.15, 0.2) is 77.3 Å². The molecule has 160 valence electrons. The van der Waals surface area contributed by atoms with Crippen molar-refractivity contribution in [2.24, 2.45) is 10.8 Å². The van der Waals surface area contributed by atoms with E-state index in [9.17, 15) is 14.4 Å². The molecule has 32 heavy (non-hydrogen) atoms. The molecule has 1 fully saturated rings. The van der Waals surface area contributed by atoms with Gasteiger partial charge in [0.15, 0.2) is 11.2 Å². The molecule has 1 aliphatic heterocycles. The second-order valence-electron chi connectivity index (χ2n) is 8.41. The van der Waals surface area contributed by atoms with Gasteiger partial charge in [0.1, 0.15) is 11.5 Å². The highest BCUT2D eigenvalue weighted by Crippen LogP contribution is 2.78. The number of aryl methyl sites for hydroxylation is 1. The van der Waals surface area contributed by atoms with Crippen LogP contribution < -0.4 is 9.47 Å². The van der Waals surface area contributed by atoms with Crippen molar-refractivity contribution in [2.75, 3.05) is 0 Å². The number of ether oxygens (including phenoxy) is 2. The highest BCUT2D eigenvalue weighted by atomic mass is 79.9. The fourth-order valence-corrected chi connectivity index (χ4v) is 5.17. The van der Waals surface area contributed by atoms with Gasteiger partial charge < -0.3 is 9.47 Å². The molecule has 0 spiro atoms. The molecule has 0 amide bonds. The highest BCUT2D eigenvalue weighted by molar-refractivity contribution is 9.10. The third kappa shape index (κ3) is 2.72. The molecule has 0 aromatic heterocycles. The van der Waals surface area contributed by atoms with Gasteiger partial charge in [0.25, 0.3) is 0 Å². The van der Waals surface area contributed by atoms with Gasteiger partial charge in [-0.1, -0.05) is 64.0 Å². The normalized spacial score (nSPS) is 25.2. The maximum Gasteiger partial charge on any atom is 0.330 e. The largest absolute Gasteiger partial charge is 0.426 e. The number of para-hydroxylation sites is 1. The smallest absolute Gasteiger partial charge is 0.330 e. The van der Waals surface area contributed by atoms with Gasteiger partial charge in [-0.3, -0.25) is 14.4 Å². The second-order valence-corrected chi connectivity index (χ2v) is 9.32. The van der Waals surface area contributed by atoms with Crippen LogP contribution in [0.2, 0.25) is 0 Å². The standard InChI is InChI=1S/C26H19BrO5/c1-15-7-9-16(10-8-15)22(28)25(2)21-19-5-3-4-6-20(19)32-24(30)26(21,25)23(29)31-18-13-11-17(27)12-14-18/h3-14,21H,1-2H3/t21-,25-,26-/m0/s1. The van der Waals surface area contributed by atoms with E-state index in [1.807, 2.05) is 19.1 Å². The van der Waals surface area contributed by atoms with Gasteiger partial charge in [-0.15, -0.1) is 0 Å². The topological polar surface area (TPSA) is 69.7 Å². The molecule has 0 N–H and O–H groups in total. The van der Waals surface area contributed by atoms with Gasteiger partial charge in [0, 0.05) is 21.5 Å². The molecule has 1 aliphatic carbocycles. The number of carbonyl (C=O) groups excluding carboxylic acids is 3. The Balaban J connectivity index is 1.62. The molecule has 3 atom stereocenters. The van der Waals surface area contributed by atoms with Crippen LogP contribution in [0.25, 0.3) is 0 Å². The van der Waals surface area contributed by atoms with Gasteiger partial charge in [-0.05, 0) is 44.2 Å². The summed E-state index contributed by atoms with van der Waals surface area (Å²) >= 11 is 3.34. The van der Waals surface area contributed by atoms with Crippen molar-refractivity contribution in [1.29, 1.82) is 0 Å². The predicted octanol–water partition coefficient (Wildman–Crippen LogP) is 5.25. The van der Waals surface area contributed by atoms with Crippen LogP contribution in [0.3, 0.4) is 0 Å². The van der Waals surface area contributed by atoms with E-state index in [4.69, 9.17) is 9.47 Å². The van der Waals surface area contributed by atoms with E-state index in [0.717, 1.165) is 10.0 Å². The van der Waals surface area contributed by atoms with Crippen LogP contribution in [-0.4, -0.2) is 17.7 Å². The maximum atomic E-state index is 13.7. The van der Waals surface area contributed by atoms with Crippen LogP contribution in [-0.2, 0) is 9.59 Å². The molecular formula is C26H19BrO5. The van der Waals surface area contributed by atoms with Gasteiger partial charge in [0.2, 0.25) is 0 Å². The lowest BCUT2D eigenvalue weighted by Gasteiger charge is -2.22. The zero-order valence-electron chi connectivity index (χ0n) is 17.4. The van der Waals surface area contributed by atoms with E-state index in [-0.39, 0.29) is 11.5 Å². The van der Waals surface area contributed by atoms with Crippen molar-refractivity contribution < 1.29 is 23.9 Å².